The number of rotatable bonds is 10. The van der Waals surface area contributed by atoms with Crippen molar-refractivity contribution in [2.24, 2.45) is 0 Å². The summed E-state index contributed by atoms with van der Waals surface area (Å²) in [6.45, 7) is 3.79. The van der Waals surface area contributed by atoms with E-state index in [1.807, 2.05) is 18.2 Å². The van der Waals surface area contributed by atoms with Crippen molar-refractivity contribution < 1.29 is 31.8 Å². The third-order valence-corrected chi connectivity index (χ3v) is 6.51. The molecule has 0 unspecified atom stereocenters. The van der Waals surface area contributed by atoms with Crippen molar-refractivity contribution in [2.45, 2.75) is 64.0 Å². The second-order valence-electron chi connectivity index (χ2n) is 9.27. The fraction of sp³-hybridized carbons (Fsp3) is 0.448. The third kappa shape index (κ3) is 6.84. The van der Waals surface area contributed by atoms with Crippen LogP contribution in [0.2, 0.25) is 0 Å². The van der Waals surface area contributed by atoms with E-state index in [0.29, 0.717) is 43.6 Å². The van der Waals surface area contributed by atoms with Crippen molar-refractivity contribution in [3.8, 4) is 0 Å². The lowest BCUT2D eigenvalue weighted by Crippen LogP contribution is -2.33. The predicted octanol–water partition coefficient (Wildman–Crippen LogP) is 7.79. The fourth-order valence-electron chi connectivity index (χ4n) is 4.39. The van der Waals surface area contributed by atoms with E-state index in [1.54, 1.807) is 12.1 Å². The highest BCUT2D eigenvalue weighted by Gasteiger charge is 2.30. The average molecular weight is 505 g/mol. The van der Waals surface area contributed by atoms with E-state index in [9.17, 15) is 13.2 Å². The maximum absolute atomic E-state index is 15.2. The van der Waals surface area contributed by atoms with Crippen LogP contribution in [0.4, 0.5) is 17.6 Å². The number of hydrogen-bond donors (Lipinski definition) is 0. The number of fused-ring (bicyclic) bond motifs is 1. The Balaban J connectivity index is 1.33. The topological polar surface area (TPSA) is 27.7 Å². The van der Waals surface area contributed by atoms with Gasteiger partial charge in [0.05, 0.1) is 18.8 Å². The molecule has 1 heterocycles. The SMILES string of the molecule is CCCCCCOC1COC(c2ccc3c(F)c(CCc4ccc(C(F)(F)F)cc4)ccc3c2)OC1. The highest BCUT2D eigenvalue weighted by Crippen LogP contribution is 2.31. The van der Waals surface area contributed by atoms with Gasteiger partial charge in [-0.3, -0.25) is 0 Å². The van der Waals surface area contributed by atoms with Gasteiger partial charge in [-0.05, 0) is 54.0 Å². The summed E-state index contributed by atoms with van der Waals surface area (Å²) in [6, 6.07) is 14.0. The van der Waals surface area contributed by atoms with E-state index in [1.165, 1.54) is 25.0 Å². The van der Waals surface area contributed by atoms with Gasteiger partial charge in [-0.2, -0.15) is 13.2 Å². The molecule has 0 N–H and O–H groups in total. The van der Waals surface area contributed by atoms with Crippen LogP contribution in [0.3, 0.4) is 0 Å². The number of benzene rings is 3. The lowest BCUT2D eigenvalue weighted by Gasteiger charge is -2.29. The van der Waals surface area contributed by atoms with Crippen molar-refractivity contribution >= 4 is 10.8 Å². The molecular weight excluding hydrogens is 472 g/mol. The number of ether oxygens (including phenoxy) is 3. The first-order valence-corrected chi connectivity index (χ1v) is 12.6. The molecule has 3 aromatic carbocycles. The van der Waals surface area contributed by atoms with Crippen molar-refractivity contribution in [1.29, 1.82) is 0 Å². The maximum atomic E-state index is 15.2. The molecule has 0 amide bonds. The summed E-state index contributed by atoms with van der Waals surface area (Å²) in [5.41, 5.74) is 1.39. The first-order valence-electron chi connectivity index (χ1n) is 12.6. The molecule has 7 heteroatoms. The Labute approximate surface area is 209 Å². The molecule has 0 aromatic heterocycles. The Morgan fingerprint density at radius 3 is 2.33 bits per heavy atom. The van der Waals surface area contributed by atoms with Gasteiger partial charge in [0.15, 0.2) is 6.29 Å². The van der Waals surface area contributed by atoms with E-state index in [4.69, 9.17) is 14.2 Å². The summed E-state index contributed by atoms with van der Waals surface area (Å²) in [4.78, 5) is 0. The zero-order valence-corrected chi connectivity index (χ0v) is 20.5. The standard InChI is InChI=1S/C29H32F4O3/c1-2-3-4-5-16-34-25-18-35-28(36-19-25)23-12-15-26-22(17-23)11-10-21(27(26)30)9-6-20-7-13-24(14-8-20)29(31,32)33/h7-8,10-15,17,25,28H,2-6,9,16,18-19H2,1H3. The zero-order chi connectivity index (χ0) is 25.5. The van der Waals surface area contributed by atoms with Crippen LogP contribution in [-0.2, 0) is 33.2 Å². The number of unbranched alkanes of at least 4 members (excludes halogenated alkanes) is 3. The molecule has 0 spiro atoms. The minimum absolute atomic E-state index is 0.0759. The van der Waals surface area contributed by atoms with Crippen LogP contribution in [-0.4, -0.2) is 25.9 Å². The second kappa shape index (κ2) is 12.2. The van der Waals surface area contributed by atoms with E-state index in [2.05, 4.69) is 6.92 Å². The molecule has 1 aliphatic heterocycles. The van der Waals surface area contributed by atoms with Crippen LogP contribution in [0, 0.1) is 5.82 Å². The second-order valence-corrected chi connectivity index (χ2v) is 9.27. The van der Waals surface area contributed by atoms with Crippen LogP contribution < -0.4 is 0 Å². The molecule has 0 aliphatic carbocycles. The van der Waals surface area contributed by atoms with Crippen LogP contribution in [0.25, 0.3) is 10.8 Å². The van der Waals surface area contributed by atoms with Crippen molar-refractivity contribution in [3.05, 3.63) is 82.7 Å². The predicted molar refractivity (Wildman–Crippen MR) is 131 cm³/mol. The Bertz CT molecular complexity index is 1120. The van der Waals surface area contributed by atoms with E-state index < -0.39 is 18.0 Å². The molecule has 1 fully saturated rings. The van der Waals surface area contributed by atoms with Crippen LogP contribution in [0.15, 0.2) is 54.6 Å². The van der Waals surface area contributed by atoms with E-state index in [-0.39, 0.29) is 11.9 Å². The average Bonchev–Trinajstić information content (AvgIpc) is 2.88. The van der Waals surface area contributed by atoms with Gasteiger partial charge < -0.3 is 14.2 Å². The quantitative estimate of drug-likeness (QED) is 0.208. The van der Waals surface area contributed by atoms with Gasteiger partial charge in [-0.15, -0.1) is 0 Å². The first kappa shape index (κ1) is 26.6. The summed E-state index contributed by atoms with van der Waals surface area (Å²) in [7, 11) is 0. The monoisotopic (exact) mass is 504 g/mol. The zero-order valence-electron chi connectivity index (χ0n) is 20.5. The molecular formula is C29H32F4O3. The smallest absolute Gasteiger partial charge is 0.373 e. The number of hydrogen-bond acceptors (Lipinski definition) is 3. The number of aryl methyl sites for hydroxylation is 2. The molecule has 3 nitrogen and oxygen atoms in total. The molecule has 0 bridgehead atoms. The van der Waals surface area contributed by atoms with Crippen molar-refractivity contribution in [2.75, 3.05) is 19.8 Å². The summed E-state index contributed by atoms with van der Waals surface area (Å²) >= 11 is 0. The molecule has 1 aliphatic rings. The highest BCUT2D eigenvalue weighted by molar-refractivity contribution is 5.84. The Morgan fingerprint density at radius 1 is 0.889 bits per heavy atom. The van der Waals surface area contributed by atoms with E-state index in [0.717, 1.165) is 41.5 Å². The van der Waals surface area contributed by atoms with Gasteiger partial charge in [0.2, 0.25) is 0 Å². The summed E-state index contributed by atoms with van der Waals surface area (Å²) in [5.74, 6) is -0.312. The molecule has 194 valence electrons. The molecule has 4 rings (SSSR count). The maximum Gasteiger partial charge on any atom is 0.416 e. The Hall–Kier alpha value is -2.48. The van der Waals surface area contributed by atoms with Gasteiger partial charge in [-0.25, -0.2) is 4.39 Å². The van der Waals surface area contributed by atoms with Gasteiger partial charge in [0.25, 0.3) is 0 Å². The molecule has 0 radical (unpaired) electrons. The third-order valence-electron chi connectivity index (χ3n) is 6.51. The van der Waals surface area contributed by atoms with Crippen molar-refractivity contribution in [1.82, 2.24) is 0 Å². The Morgan fingerprint density at radius 2 is 1.64 bits per heavy atom. The van der Waals surface area contributed by atoms with Gasteiger partial charge >= 0.3 is 6.18 Å². The summed E-state index contributed by atoms with van der Waals surface area (Å²) in [6.07, 6.45) is 0.495. The molecule has 0 atom stereocenters. The minimum Gasteiger partial charge on any atom is -0.373 e. The van der Waals surface area contributed by atoms with Gasteiger partial charge in [0, 0.05) is 17.6 Å². The van der Waals surface area contributed by atoms with Crippen molar-refractivity contribution in [3.63, 3.8) is 0 Å². The van der Waals surface area contributed by atoms with E-state index >= 15 is 4.39 Å². The molecule has 1 saturated heterocycles. The van der Waals surface area contributed by atoms with Crippen LogP contribution >= 0.6 is 0 Å². The van der Waals surface area contributed by atoms with Crippen LogP contribution in [0.1, 0.15) is 61.2 Å². The molecule has 36 heavy (non-hydrogen) atoms. The van der Waals surface area contributed by atoms with Gasteiger partial charge in [-0.1, -0.05) is 62.6 Å². The fourth-order valence-corrected chi connectivity index (χ4v) is 4.39. The molecule has 3 aromatic rings. The lowest BCUT2D eigenvalue weighted by molar-refractivity contribution is -0.230. The summed E-state index contributed by atoms with van der Waals surface area (Å²) < 4.78 is 71.0. The van der Waals surface area contributed by atoms with Gasteiger partial charge in [0.1, 0.15) is 11.9 Å². The summed E-state index contributed by atoms with van der Waals surface area (Å²) in [5, 5.41) is 1.23. The number of halogens is 4. The normalized spacial score (nSPS) is 18.6. The van der Waals surface area contributed by atoms with Crippen LogP contribution in [0.5, 0.6) is 0 Å². The largest absolute Gasteiger partial charge is 0.416 e. The lowest BCUT2D eigenvalue weighted by atomic mass is 9.98. The first-order chi connectivity index (χ1) is 17.3. The number of alkyl halides is 3. The Kier molecular flexibility index (Phi) is 8.99. The highest BCUT2D eigenvalue weighted by atomic mass is 19.4. The minimum atomic E-state index is -4.36. The molecule has 0 saturated carbocycles.